The van der Waals surface area contributed by atoms with Crippen molar-refractivity contribution in [3.8, 4) is 0 Å². The fourth-order valence-electron chi connectivity index (χ4n) is 2.84. The Morgan fingerprint density at radius 3 is 3.28 bits per heavy atom. The molecule has 0 spiro atoms. The smallest absolute Gasteiger partial charge is 0.137 e. The number of pyridine rings is 1. The molecule has 1 aliphatic rings. The van der Waals surface area contributed by atoms with Crippen LogP contribution in [0.25, 0.3) is 10.1 Å². The molecule has 0 aromatic carbocycles. The Hall–Kier alpha value is -0.800. The van der Waals surface area contributed by atoms with E-state index in [1.807, 2.05) is 6.20 Å². The maximum absolute atomic E-state index is 5.82. The molecule has 0 aliphatic carbocycles. The first-order valence-electron chi connectivity index (χ1n) is 6.55. The van der Waals surface area contributed by atoms with Gasteiger partial charge in [-0.3, -0.25) is 0 Å². The molecule has 2 aromatic rings. The Morgan fingerprint density at radius 2 is 2.39 bits per heavy atom. The molecule has 1 fully saturated rings. The minimum absolute atomic E-state index is 0.627. The first-order valence-corrected chi connectivity index (χ1v) is 7.96. The number of anilines is 1. The molecule has 2 aromatic heterocycles. The van der Waals surface area contributed by atoms with Crippen LogP contribution in [0.1, 0.15) is 25.7 Å². The summed E-state index contributed by atoms with van der Waals surface area (Å²) in [4.78, 5) is 7.11. The van der Waals surface area contributed by atoms with Crippen LogP contribution in [0.2, 0.25) is 0 Å². The van der Waals surface area contributed by atoms with E-state index in [1.54, 1.807) is 11.3 Å². The highest BCUT2D eigenvalue weighted by Crippen LogP contribution is 2.33. The van der Waals surface area contributed by atoms with Crippen LogP contribution in [0.3, 0.4) is 0 Å². The van der Waals surface area contributed by atoms with Crippen LogP contribution < -0.4 is 4.90 Å². The van der Waals surface area contributed by atoms with Gasteiger partial charge in [0.05, 0.1) is 0 Å². The SMILES string of the molecule is ClCCCC1CCCN1c1nccc2sccc12. The van der Waals surface area contributed by atoms with Crippen molar-refractivity contribution in [2.24, 2.45) is 0 Å². The van der Waals surface area contributed by atoms with Crippen LogP contribution >= 0.6 is 22.9 Å². The largest absolute Gasteiger partial charge is 0.353 e. The lowest BCUT2D eigenvalue weighted by Gasteiger charge is -2.26. The van der Waals surface area contributed by atoms with E-state index in [-0.39, 0.29) is 0 Å². The number of hydrogen-bond acceptors (Lipinski definition) is 3. The van der Waals surface area contributed by atoms with E-state index < -0.39 is 0 Å². The normalized spacial score (nSPS) is 19.8. The van der Waals surface area contributed by atoms with Crippen molar-refractivity contribution >= 4 is 38.8 Å². The van der Waals surface area contributed by atoms with Gasteiger partial charge in [-0.15, -0.1) is 22.9 Å². The second-order valence-electron chi connectivity index (χ2n) is 4.79. The maximum atomic E-state index is 5.82. The summed E-state index contributed by atoms with van der Waals surface area (Å²) in [5.74, 6) is 1.94. The topological polar surface area (TPSA) is 16.1 Å². The summed E-state index contributed by atoms with van der Waals surface area (Å²) in [6, 6.07) is 4.92. The lowest BCUT2D eigenvalue weighted by molar-refractivity contribution is 0.600. The van der Waals surface area contributed by atoms with Crippen LogP contribution in [0.4, 0.5) is 5.82 Å². The van der Waals surface area contributed by atoms with Gasteiger partial charge in [-0.2, -0.15) is 0 Å². The molecule has 1 atom stereocenters. The lowest BCUT2D eigenvalue weighted by Crippen LogP contribution is -2.30. The van der Waals surface area contributed by atoms with Gasteiger partial charge in [0.25, 0.3) is 0 Å². The quantitative estimate of drug-likeness (QED) is 0.777. The molecular weight excluding hydrogens is 264 g/mol. The van der Waals surface area contributed by atoms with Crippen LogP contribution in [-0.2, 0) is 0 Å². The molecule has 0 amide bonds. The van der Waals surface area contributed by atoms with E-state index in [4.69, 9.17) is 11.6 Å². The van der Waals surface area contributed by atoms with E-state index in [9.17, 15) is 0 Å². The van der Waals surface area contributed by atoms with Crippen molar-refractivity contribution in [2.75, 3.05) is 17.3 Å². The second-order valence-corrected chi connectivity index (χ2v) is 6.11. The number of fused-ring (bicyclic) bond motifs is 1. The van der Waals surface area contributed by atoms with E-state index in [0.717, 1.165) is 18.8 Å². The van der Waals surface area contributed by atoms with Gasteiger partial charge in [-0.1, -0.05) is 0 Å². The Balaban J connectivity index is 1.90. The number of nitrogens with zero attached hydrogens (tertiary/aromatic N) is 2. The summed E-state index contributed by atoms with van der Waals surface area (Å²) in [7, 11) is 0. The predicted molar refractivity (Wildman–Crippen MR) is 79.9 cm³/mol. The molecule has 2 nitrogen and oxygen atoms in total. The van der Waals surface area contributed by atoms with Gasteiger partial charge in [0, 0.05) is 34.7 Å². The third-order valence-electron chi connectivity index (χ3n) is 3.68. The van der Waals surface area contributed by atoms with Crippen LogP contribution in [-0.4, -0.2) is 23.5 Å². The first-order chi connectivity index (χ1) is 8.90. The molecule has 1 unspecified atom stereocenters. The maximum Gasteiger partial charge on any atom is 0.137 e. The Bertz CT molecular complexity index is 525. The fraction of sp³-hybridized carbons (Fsp3) is 0.500. The Labute approximate surface area is 117 Å². The van der Waals surface area contributed by atoms with Crippen LogP contribution in [0, 0.1) is 0 Å². The summed E-state index contributed by atoms with van der Waals surface area (Å²) in [5.41, 5.74) is 0. The zero-order chi connectivity index (χ0) is 12.4. The predicted octanol–water partition coefficient (Wildman–Crippen LogP) is 4.28. The first kappa shape index (κ1) is 12.2. The van der Waals surface area contributed by atoms with Crippen molar-refractivity contribution in [1.82, 2.24) is 4.98 Å². The molecule has 3 rings (SSSR count). The van der Waals surface area contributed by atoms with Crippen molar-refractivity contribution < 1.29 is 0 Å². The highest BCUT2D eigenvalue weighted by Gasteiger charge is 2.26. The van der Waals surface area contributed by atoms with Gasteiger partial charge in [0.2, 0.25) is 0 Å². The standard InChI is InChI=1S/C14H17ClN2S/c15-7-1-3-11-4-2-9-17(11)14-12-6-10-18-13(12)5-8-16-14/h5-6,8,10-11H,1-4,7,9H2. The fourth-order valence-corrected chi connectivity index (χ4v) is 3.77. The van der Waals surface area contributed by atoms with Crippen molar-refractivity contribution in [2.45, 2.75) is 31.7 Å². The molecule has 18 heavy (non-hydrogen) atoms. The van der Waals surface area contributed by atoms with Crippen LogP contribution in [0.15, 0.2) is 23.7 Å². The zero-order valence-electron chi connectivity index (χ0n) is 10.3. The molecule has 4 heteroatoms. The van der Waals surface area contributed by atoms with E-state index >= 15 is 0 Å². The van der Waals surface area contributed by atoms with Gasteiger partial charge in [-0.05, 0) is 43.2 Å². The van der Waals surface area contributed by atoms with Crippen LogP contribution in [0.5, 0.6) is 0 Å². The number of aromatic nitrogens is 1. The molecule has 0 bridgehead atoms. The van der Waals surface area contributed by atoms with Gasteiger partial charge >= 0.3 is 0 Å². The summed E-state index contributed by atoms with van der Waals surface area (Å²) >= 11 is 7.61. The average Bonchev–Trinajstić information content (AvgIpc) is 3.04. The molecule has 0 radical (unpaired) electrons. The van der Waals surface area contributed by atoms with E-state index in [1.165, 1.54) is 35.2 Å². The Kier molecular flexibility index (Phi) is 3.71. The number of halogens is 1. The molecule has 1 aliphatic heterocycles. The number of hydrogen-bond donors (Lipinski definition) is 0. The molecule has 1 saturated heterocycles. The number of alkyl halides is 1. The van der Waals surface area contributed by atoms with Gasteiger partial charge in [0.15, 0.2) is 0 Å². The minimum atomic E-state index is 0.627. The summed E-state index contributed by atoms with van der Waals surface area (Å²) in [5, 5.41) is 3.46. The monoisotopic (exact) mass is 280 g/mol. The highest BCUT2D eigenvalue weighted by atomic mass is 35.5. The molecular formula is C14H17ClN2S. The van der Waals surface area contributed by atoms with Crippen molar-refractivity contribution in [1.29, 1.82) is 0 Å². The van der Waals surface area contributed by atoms with Crippen molar-refractivity contribution in [3.63, 3.8) is 0 Å². The number of rotatable bonds is 4. The molecule has 96 valence electrons. The summed E-state index contributed by atoms with van der Waals surface area (Å²) < 4.78 is 1.34. The minimum Gasteiger partial charge on any atom is -0.353 e. The van der Waals surface area contributed by atoms with Crippen molar-refractivity contribution in [3.05, 3.63) is 23.7 Å². The third-order valence-corrected chi connectivity index (χ3v) is 4.83. The van der Waals surface area contributed by atoms with Gasteiger partial charge < -0.3 is 4.90 Å². The zero-order valence-corrected chi connectivity index (χ0v) is 11.9. The molecule has 3 heterocycles. The summed E-state index contributed by atoms with van der Waals surface area (Å²) in [6.07, 6.45) is 6.77. The lowest BCUT2D eigenvalue weighted by atomic mass is 10.1. The highest BCUT2D eigenvalue weighted by molar-refractivity contribution is 7.17. The third kappa shape index (κ3) is 2.21. The molecule has 0 N–H and O–H groups in total. The van der Waals surface area contributed by atoms with Gasteiger partial charge in [0.1, 0.15) is 5.82 Å². The van der Waals surface area contributed by atoms with Gasteiger partial charge in [-0.25, -0.2) is 4.98 Å². The number of thiophene rings is 1. The second kappa shape index (κ2) is 5.45. The van der Waals surface area contributed by atoms with E-state index in [0.29, 0.717) is 6.04 Å². The Morgan fingerprint density at radius 1 is 1.44 bits per heavy atom. The average molecular weight is 281 g/mol. The molecule has 0 saturated carbocycles. The van der Waals surface area contributed by atoms with E-state index in [2.05, 4.69) is 27.4 Å². The summed E-state index contributed by atoms with van der Waals surface area (Å²) in [6.45, 7) is 1.13.